The molecular formula is C14H19FN2O. The average molecular weight is 250 g/mol. The van der Waals surface area contributed by atoms with E-state index in [0.717, 1.165) is 25.7 Å². The maximum Gasteiger partial charge on any atom is 0.116 e. The lowest BCUT2D eigenvalue weighted by molar-refractivity contribution is 0.159. The van der Waals surface area contributed by atoms with E-state index < -0.39 is 0 Å². The molecule has 0 aromatic heterocycles. The Hall–Kier alpha value is -0.870. The molecule has 5 atom stereocenters. The van der Waals surface area contributed by atoms with Gasteiger partial charge in [0.15, 0.2) is 0 Å². The SMILES string of the molecule is OC1CC=C(C2C3NC4CCC(F)=CN4C32)CC1. The third-order valence-corrected chi connectivity index (χ3v) is 4.86. The summed E-state index contributed by atoms with van der Waals surface area (Å²) in [5, 5.41) is 13.1. The van der Waals surface area contributed by atoms with E-state index in [0.29, 0.717) is 30.6 Å². The third-order valence-electron chi connectivity index (χ3n) is 4.86. The lowest BCUT2D eigenvalue weighted by Crippen LogP contribution is -2.41. The quantitative estimate of drug-likeness (QED) is 0.695. The molecule has 4 aliphatic rings. The fourth-order valence-electron chi connectivity index (χ4n) is 3.89. The molecule has 4 rings (SSSR count). The summed E-state index contributed by atoms with van der Waals surface area (Å²) in [6.45, 7) is 0. The Balaban J connectivity index is 1.51. The van der Waals surface area contributed by atoms with Gasteiger partial charge in [0.1, 0.15) is 5.83 Å². The van der Waals surface area contributed by atoms with Gasteiger partial charge in [-0.25, -0.2) is 4.39 Å². The van der Waals surface area contributed by atoms with Crippen LogP contribution in [0.2, 0.25) is 0 Å². The number of nitrogens with zero attached hydrogens (tertiary/aromatic N) is 1. The highest BCUT2D eigenvalue weighted by Gasteiger charge is 2.61. The largest absolute Gasteiger partial charge is 0.393 e. The van der Waals surface area contributed by atoms with E-state index in [4.69, 9.17) is 0 Å². The van der Waals surface area contributed by atoms with Crippen molar-refractivity contribution in [1.29, 1.82) is 0 Å². The topological polar surface area (TPSA) is 35.5 Å². The molecule has 2 N–H and O–H groups in total. The van der Waals surface area contributed by atoms with Crippen molar-refractivity contribution in [2.24, 2.45) is 5.92 Å². The van der Waals surface area contributed by atoms with Crippen molar-refractivity contribution < 1.29 is 9.50 Å². The zero-order valence-corrected chi connectivity index (χ0v) is 10.3. The number of allylic oxidation sites excluding steroid dienone is 1. The smallest absolute Gasteiger partial charge is 0.116 e. The van der Waals surface area contributed by atoms with Crippen LogP contribution < -0.4 is 5.32 Å². The summed E-state index contributed by atoms with van der Waals surface area (Å²) in [5.74, 6) is 0.572. The van der Waals surface area contributed by atoms with Crippen LogP contribution in [0.15, 0.2) is 23.7 Å². The second-order valence-electron chi connectivity index (χ2n) is 5.99. The summed E-state index contributed by atoms with van der Waals surface area (Å²) in [6, 6.07) is 0.973. The van der Waals surface area contributed by atoms with Gasteiger partial charge < -0.3 is 10.0 Å². The highest BCUT2D eigenvalue weighted by molar-refractivity contribution is 5.33. The van der Waals surface area contributed by atoms with Crippen molar-refractivity contribution in [2.45, 2.75) is 56.5 Å². The van der Waals surface area contributed by atoms with Crippen molar-refractivity contribution in [3.8, 4) is 0 Å². The van der Waals surface area contributed by atoms with Gasteiger partial charge in [0, 0.05) is 24.6 Å². The van der Waals surface area contributed by atoms with Gasteiger partial charge in [0.25, 0.3) is 0 Å². The zero-order chi connectivity index (χ0) is 12.3. The average Bonchev–Trinajstić information content (AvgIpc) is 2.95. The van der Waals surface area contributed by atoms with E-state index in [1.807, 2.05) is 0 Å². The highest BCUT2D eigenvalue weighted by Crippen LogP contribution is 2.51. The number of hydrogen-bond acceptors (Lipinski definition) is 3. The molecule has 0 spiro atoms. The van der Waals surface area contributed by atoms with Crippen LogP contribution in [0, 0.1) is 5.92 Å². The summed E-state index contributed by atoms with van der Waals surface area (Å²) in [4.78, 5) is 2.19. The van der Waals surface area contributed by atoms with Gasteiger partial charge >= 0.3 is 0 Å². The lowest BCUT2D eigenvalue weighted by atomic mass is 9.93. The predicted molar refractivity (Wildman–Crippen MR) is 66.2 cm³/mol. The standard InChI is InChI=1S/C14H19FN2O/c15-9-3-6-11-16-13-12(14(13)17(11)7-9)8-1-4-10(18)5-2-8/h1,7,10-14,16,18H,2-6H2. The number of nitrogens with one attached hydrogen (secondary N) is 1. The molecule has 18 heavy (non-hydrogen) atoms. The Morgan fingerprint density at radius 1 is 1.33 bits per heavy atom. The second kappa shape index (κ2) is 3.81. The van der Waals surface area contributed by atoms with Crippen LogP contribution in [0.25, 0.3) is 0 Å². The number of hydrogen-bond donors (Lipinski definition) is 2. The van der Waals surface area contributed by atoms with Gasteiger partial charge in [0.2, 0.25) is 0 Å². The molecule has 0 aromatic carbocycles. The first-order valence-corrected chi connectivity index (χ1v) is 7.01. The zero-order valence-electron chi connectivity index (χ0n) is 10.3. The normalized spacial score (nSPS) is 46.1. The Kier molecular flexibility index (Phi) is 2.33. The number of fused-ring (bicyclic) bond motifs is 3. The maximum atomic E-state index is 13.4. The van der Waals surface area contributed by atoms with Crippen LogP contribution in [-0.4, -0.2) is 34.4 Å². The fourth-order valence-corrected chi connectivity index (χ4v) is 3.89. The molecule has 2 aliphatic heterocycles. The molecule has 0 bridgehead atoms. The third kappa shape index (κ3) is 1.55. The Bertz CT molecular complexity index is 434. The van der Waals surface area contributed by atoms with E-state index in [-0.39, 0.29) is 11.9 Å². The van der Waals surface area contributed by atoms with Crippen molar-refractivity contribution in [2.75, 3.05) is 0 Å². The van der Waals surface area contributed by atoms with Gasteiger partial charge in [-0.3, -0.25) is 5.32 Å². The van der Waals surface area contributed by atoms with Crippen LogP contribution in [0.5, 0.6) is 0 Å². The fraction of sp³-hybridized carbons (Fsp3) is 0.714. The van der Waals surface area contributed by atoms with Crippen molar-refractivity contribution in [1.82, 2.24) is 10.2 Å². The van der Waals surface area contributed by atoms with Crippen LogP contribution in [0.3, 0.4) is 0 Å². The van der Waals surface area contributed by atoms with Gasteiger partial charge in [-0.1, -0.05) is 11.6 Å². The number of rotatable bonds is 1. The molecular weight excluding hydrogens is 231 g/mol. The maximum absolute atomic E-state index is 13.4. The number of halogens is 1. The summed E-state index contributed by atoms with van der Waals surface area (Å²) >= 11 is 0. The van der Waals surface area contributed by atoms with Crippen molar-refractivity contribution in [3.05, 3.63) is 23.7 Å². The van der Waals surface area contributed by atoms with E-state index in [1.54, 1.807) is 6.20 Å². The van der Waals surface area contributed by atoms with E-state index in [1.165, 1.54) is 5.57 Å². The first-order valence-electron chi connectivity index (χ1n) is 7.01. The van der Waals surface area contributed by atoms with Gasteiger partial charge in [-0.15, -0.1) is 0 Å². The van der Waals surface area contributed by atoms with Gasteiger partial charge in [-0.05, 0) is 25.7 Å². The Morgan fingerprint density at radius 2 is 2.22 bits per heavy atom. The summed E-state index contributed by atoms with van der Waals surface area (Å²) in [5.41, 5.74) is 1.47. The molecule has 0 radical (unpaired) electrons. The molecule has 1 saturated carbocycles. The van der Waals surface area contributed by atoms with Crippen LogP contribution >= 0.6 is 0 Å². The van der Waals surface area contributed by atoms with E-state index in [2.05, 4.69) is 16.3 Å². The molecule has 98 valence electrons. The molecule has 4 heteroatoms. The van der Waals surface area contributed by atoms with Gasteiger partial charge in [-0.2, -0.15) is 0 Å². The molecule has 2 heterocycles. The van der Waals surface area contributed by atoms with Crippen molar-refractivity contribution in [3.63, 3.8) is 0 Å². The molecule has 3 nitrogen and oxygen atoms in total. The minimum Gasteiger partial charge on any atom is -0.393 e. The highest BCUT2D eigenvalue weighted by atomic mass is 19.1. The molecule has 5 unspecified atom stereocenters. The minimum atomic E-state index is -0.152. The van der Waals surface area contributed by atoms with Crippen LogP contribution in [-0.2, 0) is 0 Å². The number of aliphatic hydroxyl groups is 1. The molecule has 2 aliphatic carbocycles. The molecule has 2 fully saturated rings. The molecule has 1 saturated heterocycles. The first kappa shape index (κ1) is 11.0. The van der Waals surface area contributed by atoms with E-state index in [9.17, 15) is 9.50 Å². The predicted octanol–water partition coefficient (Wildman–Crippen LogP) is 1.66. The summed E-state index contributed by atoms with van der Waals surface area (Å²) in [6.07, 6.45) is 8.26. The molecule has 0 amide bonds. The monoisotopic (exact) mass is 250 g/mol. The second-order valence-corrected chi connectivity index (χ2v) is 5.99. The Labute approximate surface area is 106 Å². The first-order chi connectivity index (χ1) is 8.74. The Morgan fingerprint density at radius 3 is 3.00 bits per heavy atom. The number of aliphatic hydroxyl groups excluding tert-OH is 1. The van der Waals surface area contributed by atoms with Crippen LogP contribution in [0.1, 0.15) is 32.1 Å². The van der Waals surface area contributed by atoms with Crippen LogP contribution in [0.4, 0.5) is 4.39 Å². The van der Waals surface area contributed by atoms with Gasteiger partial charge in [0.05, 0.1) is 18.3 Å². The summed E-state index contributed by atoms with van der Waals surface area (Å²) < 4.78 is 13.4. The van der Waals surface area contributed by atoms with Crippen molar-refractivity contribution >= 4 is 0 Å². The summed E-state index contributed by atoms with van der Waals surface area (Å²) in [7, 11) is 0. The van der Waals surface area contributed by atoms with E-state index >= 15 is 0 Å². The lowest BCUT2D eigenvalue weighted by Gasteiger charge is -2.32. The minimum absolute atomic E-state index is 0.0207. The molecule has 0 aromatic rings.